The van der Waals surface area contributed by atoms with Gasteiger partial charge in [0.15, 0.2) is 0 Å². The third kappa shape index (κ3) is 8.29. The van der Waals surface area contributed by atoms with Crippen LogP contribution in [0.1, 0.15) is 41.0 Å². The normalized spacial score (nSPS) is 12.1. The van der Waals surface area contributed by atoms with Crippen LogP contribution in [0, 0.1) is 12.5 Å². The van der Waals surface area contributed by atoms with Crippen molar-refractivity contribution in [3.05, 3.63) is 18.9 Å². The number of hydrogen-bond acceptors (Lipinski definition) is 4. The van der Waals surface area contributed by atoms with Crippen molar-refractivity contribution < 1.29 is 19.3 Å². The first kappa shape index (κ1) is 15.0. The van der Waals surface area contributed by atoms with E-state index in [-0.39, 0.29) is 11.5 Å². The van der Waals surface area contributed by atoms with Crippen molar-refractivity contribution in [1.29, 1.82) is 0 Å². The van der Waals surface area contributed by atoms with Gasteiger partial charge in [-0.3, -0.25) is 0 Å². The molecule has 0 amide bonds. The zero-order chi connectivity index (χ0) is 12.6. The number of rotatable bonds is 7. The molecule has 0 spiro atoms. The van der Waals surface area contributed by atoms with Crippen molar-refractivity contribution >= 4 is 5.97 Å². The third-order valence-electron chi connectivity index (χ3n) is 1.78. The summed E-state index contributed by atoms with van der Waals surface area (Å²) in [6.45, 7) is 12.0. The molecule has 0 aliphatic heterocycles. The predicted octanol–water partition coefficient (Wildman–Crippen LogP) is 2.87. The largest absolute Gasteiger partial charge is 0.447 e. The van der Waals surface area contributed by atoms with Crippen LogP contribution in [0.5, 0.6) is 0 Å². The van der Waals surface area contributed by atoms with Crippen LogP contribution >= 0.6 is 0 Å². The fourth-order valence-electron chi connectivity index (χ4n) is 0.510. The van der Waals surface area contributed by atoms with Crippen molar-refractivity contribution in [3.63, 3.8) is 0 Å². The molecule has 0 aliphatic carbocycles. The van der Waals surface area contributed by atoms with Crippen LogP contribution in [0.3, 0.4) is 0 Å². The maximum absolute atomic E-state index is 11.0. The van der Waals surface area contributed by atoms with Crippen LogP contribution in [0.25, 0.3) is 0 Å². The molecule has 0 aromatic rings. The van der Waals surface area contributed by atoms with Crippen molar-refractivity contribution in [3.8, 4) is 0 Å². The van der Waals surface area contributed by atoms with Crippen LogP contribution in [-0.2, 0) is 19.3 Å². The van der Waals surface area contributed by atoms with E-state index in [9.17, 15) is 4.79 Å². The van der Waals surface area contributed by atoms with E-state index in [4.69, 9.17) is 9.78 Å². The highest BCUT2D eigenvalue weighted by molar-refractivity contribution is 5.81. The average Bonchev–Trinajstić information content (AvgIpc) is 2.21. The van der Waals surface area contributed by atoms with Gasteiger partial charge < -0.3 is 9.62 Å². The van der Waals surface area contributed by atoms with E-state index in [2.05, 4.69) is 11.3 Å². The molecule has 0 aromatic carbocycles. The minimum absolute atomic E-state index is 0.0774. The minimum atomic E-state index is -0.536. The summed E-state index contributed by atoms with van der Waals surface area (Å²) in [5.74, 6) is -0.458. The molecule has 0 fully saturated rings. The zero-order valence-corrected chi connectivity index (χ0v) is 10.6. The van der Waals surface area contributed by atoms with Crippen LogP contribution in [0.4, 0.5) is 0 Å². The summed E-state index contributed by atoms with van der Waals surface area (Å²) in [4.78, 5) is 20.8. The van der Waals surface area contributed by atoms with Gasteiger partial charge in [0.25, 0.3) is 0 Å². The van der Waals surface area contributed by atoms with Gasteiger partial charge in [0.05, 0.1) is 6.08 Å². The van der Waals surface area contributed by atoms with Crippen molar-refractivity contribution in [2.24, 2.45) is 5.92 Å². The molecule has 0 aliphatic rings. The topological polar surface area (TPSA) is 44.8 Å². The first-order chi connectivity index (χ1) is 7.37. The molecule has 16 heavy (non-hydrogen) atoms. The number of carbonyl (C=O) groups is 1. The van der Waals surface area contributed by atoms with Gasteiger partial charge >= 0.3 is 5.97 Å². The Bertz CT molecular complexity index is 231. The molecule has 4 nitrogen and oxygen atoms in total. The van der Waals surface area contributed by atoms with Crippen LogP contribution in [0.2, 0.25) is 0 Å². The van der Waals surface area contributed by atoms with Crippen LogP contribution < -0.4 is 0 Å². The summed E-state index contributed by atoms with van der Waals surface area (Å²) in [6, 6.07) is 0. The van der Waals surface area contributed by atoms with Gasteiger partial charge in [-0.15, -0.1) is 0 Å². The number of esters is 1. The van der Waals surface area contributed by atoms with Crippen molar-refractivity contribution in [1.82, 2.24) is 0 Å². The summed E-state index contributed by atoms with van der Waals surface area (Å²) < 4.78 is 4.65. The van der Waals surface area contributed by atoms with Gasteiger partial charge in [-0.2, -0.15) is 4.89 Å². The Hall–Kier alpha value is -1.03. The van der Waals surface area contributed by atoms with E-state index in [0.717, 1.165) is 18.8 Å². The summed E-state index contributed by atoms with van der Waals surface area (Å²) in [5, 5.41) is 0. The molecule has 0 aromatic heterocycles. The fourth-order valence-corrected chi connectivity index (χ4v) is 0.510. The second-order valence-corrected chi connectivity index (χ2v) is 4.29. The Kier molecular flexibility index (Phi) is 6.81. The maximum atomic E-state index is 11.0. The lowest BCUT2D eigenvalue weighted by atomic mass is 10.1. The van der Waals surface area contributed by atoms with Crippen LogP contribution in [0.15, 0.2) is 12.3 Å². The quantitative estimate of drug-likeness (QED) is 0.221. The molecule has 0 saturated carbocycles. The first-order valence-electron chi connectivity index (χ1n) is 5.34. The number of ether oxygens (including phenoxy) is 1. The predicted molar refractivity (Wildman–Crippen MR) is 59.9 cm³/mol. The third-order valence-corrected chi connectivity index (χ3v) is 1.78. The molecule has 0 heterocycles. The molecule has 0 rings (SSSR count). The number of hydrogen-bond donors (Lipinski definition) is 0. The Balaban J connectivity index is 3.72. The average molecular weight is 228 g/mol. The zero-order valence-electron chi connectivity index (χ0n) is 10.6. The van der Waals surface area contributed by atoms with Gasteiger partial charge in [0.2, 0.25) is 6.61 Å². The van der Waals surface area contributed by atoms with Crippen molar-refractivity contribution in [2.45, 2.75) is 46.6 Å². The molecule has 0 N–H and O–H groups in total. The first-order valence-corrected chi connectivity index (χ1v) is 5.34. The van der Waals surface area contributed by atoms with Crippen molar-refractivity contribution in [2.75, 3.05) is 0 Å². The molecule has 0 atom stereocenters. The second-order valence-electron chi connectivity index (χ2n) is 4.29. The lowest BCUT2D eigenvalue weighted by Crippen LogP contribution is -2.22. The maximum Gasteiger partial charge on any atom is 0.334 e. The standard InChI is InChI=1S/C12H20O4/c1-6-12(4,5)16-15-8-7-11(13)14-9-10(2)3/h7-8,10H,6H2,1-5H3. The van der Waals surface area contributed by atoms with E-state index in [1.165, 1.54) is 0 Å². The smallest absolute Gasteiger partial charge is 0.334 e. The molecule has 2 radical (unpaired) electrons. The van der Waals surface area contributed by atoms with Gasteiger partial charge in [0.1, 0.15) is 11.9 Å². The highest BCUT2D eigenvalue weighted by Gasteiger charge is 2.16. The SMILES string of the molecule is CCC(C)(C)OOC=CC(=O)O[C]C(C)C. The fraction of sp³-hybridized carbons (Fsp3) is 0.667. The van der Waals surface area contributed by atoms with E-state index in [1.807, 2.05) is 34.6 Å². The molecule has 0 unspecified atom stereocenters. The van der Waals surface area contributed by atoms with E-state index in [1.54, 1.807) is 0 Å². The molecule has 4 heteroatoms. The van der Waals surface area contributed by atoms with E-state index < -0.39 is 5.97 Å². The Morgan fingerprint density at radius 2 is 2.06 bits per heavy atom. The highest BCUT2D eigenvalue weighted by atomic mass is 17.2. The Morgan fingerprint density at radius 3 is 2.56 bits per heavy atom. The van der Waals surface area contributed by atoms with E-state index in [0.29, 0.717) is 0 Å². The Morgan fingerprint density at radius 1 is 1.44 bits per heavy atom. The van der Waals surface area contributed by atoms with Gasteiger partial charge in [-0.25, -0.2) is 4.79 Å². The Labute approximate surface area is 97.5 Å². The van der Waals surface area contributed by atoms with Gasteiger partial charge in [-0.05, 0) is 20.3 Å². The summed E-state index contributed by atoms with van der Waals surface area (Å²) in [6.07, 6.45) is 3.10. The summed E-state index contributed by atoms with van der Waals surface area (Å²) in [7, 11) is 0. The van der Waals surface area contributed by atoms with Crippen LogP contribution in [-0.4, -0.2) is 11.6 Å². The lowest BCUT2D eigenvalue weighted by molar-refractivity contribution is -0.316. The minimum Gasteiger partial charge on any atom is -0.447 e. The highest BCUT2D eigenvalue weighted by Crippen LogP contribution is 2.13. The molecule has 0 saturated heterocycles. The molecular formula is C12H20O4. The van der Waals surface area contributed by atoms with Gasteiger partial charge in [0, 0.05) is 5.92 Å². The second kappa shape index (κ2) is 7.28. The molecule has 92 valence electrons. The monoisotopic (exact) mass is 228 g/mol. The van der Waals surface area contributed by atoms with Gasteiger partial charge in [-0.1, -0.05) is 20.8 Å². The number of carbonyl (C=O) groups excluding carboxylic acids is 1. The van der Waals surface area contributed by atoms with E-state index >= 15 is 0 Å². The molecule has 0 bridgehead atoms. The summed E-state index contributed by atoms with van der Waals surface area (Å²) >= 11 is 0. The lowest BCUT2D eigenvalue weighted by Gasteiger charge is -2.19. The molecular weight excluding hydrogens is 208 g/mol. The summed E-state index contributed by atoms with van der Waals surface area (Å²) in [5.41, 5.74) is -0.371.